The van der Waals surface area contributed by atoms with Gasteiger partial charge in [0.25, 0.3) is 0 Å². The Kier molecular flexibility index (Phi) is 4.47. The number of hydrogen-bond acceptors (Lipinski definition) is 7. The van der Waals surface area contributed by atoms with Crippen LogP contribution in [-0.4, -0.2) is 59.2 Å². The largest absolute Gasteiger partial charge is 0.379 e. The maximum absolute atomic E-state index is 5.96. The van der Waals surface area contributed by atoms with E-state index < -0.39 is 0 Å². The molecule has 4 heterocycles. The van der Waals surface area contributed by atoms with Crippen LogP contribution in [0.25, 0.3) is 0 Å². The van der Waals surface area contributed by atoms with Gasteiger partial charge in [-0.05, 0) is 19.4 Å². The minimum absolute atomic E-state index is 0.167. The molecule has 0 bridgehead atoms. The Morgan fingerprint density at radius 3 is 2.92 bits per heavy atom. The fraction of sp³-hybridized carbons (Fsp3) is 0.588. The van der Waals surface area contributed by atoms with Gasteiger partial charge in [-0.2, -0.15) is 0 Å². The molecule has 1 atom stereocenters. The smallest absolute Gasteiger partial charge is 0.225 e. The predicted molar refractivity (Wildman–Crippen MR) is 94.2 cm³/mol. The summed E-state index contributed by atoms with van der Waals surface area (Å²) >= 11 is 1.73. The summed E-state index contributed by atoms with van der Waals surface area (Å²) < 4.78 is 5.96. The zero-order valence-corrected chi connectivity index (χ0v) is 14.8. The Hall–Kier alpha value is -1.57. The minimum atomic E-state index is 0.167. The topological polar surface area (TPSA) is 54.4 Å². The molecule has 2 saturated heterocycles. The van der Waals surface area contributed by atoms with Gasteiger partial charge in [0, 0.05) is 55.9 Å². The molecule has 0 N–H and O–H groups in total. The molecule has 24 heavy (non-hydrogen) atoms. The molecule has 2 fully saturated rings. The first-order chi connectivity index (χ1) is 11.7. The summed E-state index contributed by atoms with van der Waals surface area (Å²) in [6.07, 6.45) is 4.75. The summed E-state index contributed by atoms with van der Waals surface area (Å²) in [4.78, 5) is 18.2. The Bertz CT molecular complexity index is 679. The second-order valence-corrected chi connectivity index (χ2v) is 7.90. The lowest BCUT2D eigenvalue weighted by Crippen LogP contribution is -2.40. The first kappa shape index (κ1) is 15.9. The van der Waals surface area contributed by atoms with Crippen molar-refractivity contribution in [3.05, 3.63) is 34.5 Å². The van der Waals surface area contributed by atoms with Crippen LogP contribution in [0.3, 0.4) is 0 Å². The molecule has 4 rings (SSSR count). The summed E-state index contributed by atoms with van der Waals surface area (Å²) in [6, 6.07) is 1.86. The highest BCUT2D eigenvalue weighted by molar-refractivity contribution is 7.09. The molecule has 0 unspecified atom stereocenters. The first-order valence-electron chi connectivity index (χ1n) is 8.46. The predicted octanol–water partition coefficient (Wildman–Crippen LogP) is 1.97. The SMILES string of the molecule is Cc1nc(CN2CCOC[C@@]3(CCN(c4ncccn4)C3)C2)cs1. The lowest BCUT2D eigenvalue weighted by Gasteiger charge is -2.31. The van der Waals surface area contributed by atoms with Gasteiger partial charge in [0.05, 0.1) is 23.9 Å². The molecule has 1 spiro atoms. The number of aryl methyl sites for hydroxylation is 1. The fourth-order valence-electron chi connectivity index (χ4n) is 3.73. The van der Waals surface area contributed by atoms with Gasteiger partial charge in [-0.25, -0.2) is 15.0 Å². The monoisotopic (exact) mass is 345 g/mol. The number of thiazole rings is 1. The molecule has 128 valence electrons. The first-order valence-corrected chi connectivity index (χ1v) is 9.34. The molecule has 2 aliphatic heterocycles. The van der Waals surface area contributed by atoms with Crippen LogP contribution in [0.15, 0.2) is 23.8 Å². The number of ether oxygens (including phenoxy) is 1. The van der Waals surface area contributed by atoms with Crippen molar-refractivity contribution in [3.63, 3.8) is 0 Å². The van der Waals surface area contributed by atoms with E-state index in [1.165, 1.54) is 5.69 Å². The second kappa shape index (κ2) is 6.74. The standard InChI is InChI=1S/C17H23N5OS/c1-14-20-15(10-24-14)9-21-7-8-23-13-17(11-21)3-6-22(12-17)16-18-4-2-5-19-16/h2,4-5,10H,3,6-9,11-13H2,1H3/t17-/m0/s1. The van der Waals surface area contributed by atoms with E-state index >= 15 is 0 Å². The van der Waals surface area contributed by atoms with E-state index in [2.05, 4.69) is 37.1 Å². The van der Waals surface area contributed by atoms with Gasteiger partial charge < -0.3 is 9.64 Å². The third-order valence-corrected chi connectivity index (χ3v) is 5.67. The molecule has 2 aliphatic rings. The zero-order valence-electron chi connectivity index (χ0n) is 14.0. The van der Waals surface area contributed by atoms with Gasteiger partial charge in [0.15, 0.2) is 0 Å². The summed E-state index contributed by atoms with van der Waals surface area (Å²) in [5.41, 5.74) is 1.34. The van der Waals surface area contributed by atoms with Crippen molar-refractivity contribution in [1.82, 2.24) is 19.9 Å². The molecule has 0 aliphatic carbocycles. The average Bonchev–Trinajstić information content (AvgIpc) is 3.13. The molecule has 0 saturated carbocycles. The van der Waals surface area contributed by atoms with Crippen molar-refractivity contribution in [2.75, 3.05) is 44.3 Å². The lowest BCUT2D eigenvalue weighted by molar-refractivity contribution is 0.0798. The zero-order chi connectivity index (χ0) is 16.4. The van der Waals surface area contributed by atoms with Crippen LogP contribution in [0, 0.1) is 12.3 Å². The quantitative estimate of drug-likeness (QED) is 0.848. The van der Waals surface area contributed by atoms with Crippen molar-refractivity contribution in [2.45, 2.75) is 19.9 Å². The van der Waals surface area contributed by atoms with Gasteiger partial charge in [-0.1, -0.05) is 0 Å². The Morgan fingerprint density at radius 1 is 1.25 bits per heavy atom. The van der Waals surface area contributed by atoms with Crippen LogP contribution in [-0.2, 0) is 11.3 Å². The Morgan fingerprint density at radius 2 is 2.12 bits per heavy atom. The van der Waals surface area contributed by atoms with E-state index in [0.29, 0.717) is 0 Å². The molecular weight excluding hydrogens is 322 g/mol. The Balaban J connectivity index is 1.46. The lowest BCUT2D eigenvalue weighted by atomic mass is 9.87. The average molecular weight is 345 g/mol. The van der Waals surface area contributed by atoms with Crippen molar-refractivity contribution < 1.29 is 4.74 Å². The molecule has 0 radical (unpaired) electrons. The van der Waals surface area contributed by atoms with Crippen molar-refractivity contribution >= 4 is 17.3 Å². The number of aromatic nitrogens is 3. The van der Waals surface area contributed by atoms with E-state index in [-0.39, 0.29) is 5.41 Å². The molecule has 0 aromatic carbocycles. The molecule has 0 amide bonds. The highest BCUT2D eigenvalue weighted by atomic mass is 32.1. The number of nitrogens with zero attached hydrogens (tertiary/aromatic N) is 5. The van der Waals surface area contributed by atoms with Crippen molar-refractivity contribution in [2.24, 2.45) is 5.41 Å². The van der Waals surface area contributed by atoms with E-state index in [0.717, 1.165) is 63.3 Å². The maximum atomic E-state index is 5.96. The number of hydrogen-bond donors (Lipinski definition) is 0. The maximum Gasteiger partial charge on any atom is 0.225 e. The Labute approximate surface area is 146 Å². The normalized spacial score (nSPS) is 25.3. The number of anilines is 1. The van der Waals surface area contributed by atoms with Crippen LogP contribution in [0.4, 0.5) is 5.95 Å². The van der Waals surface area contributed by atoms with E-state index in [1.54, 1.807) is 11.3 Å². The highest BCUT2D eigenvalue weighted by Gasteiger charge is 2.41. The van der Waals surface area contributed by atoms with Gasteiger partial charge >= 0.3 is 0 Å². The summed E-state index contributed by atoms with van der Waals surface area (Å²) in [7, 11) is 0. The van der Waals surface area contributed by atoms with E-state index in [1.807, 2.05) is 18.5 Å². The highest BCUT2D eigenvalue weighted by Crippen LogP contribution is 2.35. The molecule has 2 aromatic rings. The molecule has 7 heteroatoms. The van der Waals surface area contributed by atoms with Crippen LogP contribution in [0.5, 0.6) is 0 Å². The van der Waals surface area contributed by atoms with Crippen molar-refractivity contribution in [1.29, 1.82) is 0 Å². The number of rotatable bonds is 3. The summed E-state index contributed by atoms with van der Waals surface area (Å²) in [5, 5.41) is 3.31. The molecule has 2 aromatic heterocycles. The van der Waals surface area contributed by atoms with Crippen LogP contribution in [0.2, 0.25) is 0 Å². The van der Waals surface area contributed by atoms with E-state index in [4.69, 9.17) is 4.74 Å². The third kappa shape index (κ3) is 3.43. The van der Waals surface area contributed by atoms with Gasteiger partial charge in [-0.3, -0.25) is 4.90 Å². The van der Waals surface area contributed by atoms with Gasteiger partial charge in [-0.15, -0.1) is 11.3 Å². The molecule has 6 nitrogen and oxygen atoms in total. The van der Waals surface area contributed by atoms with E-state index in [9.17, 15) is 0 Å². The van der Waals surface area contributed by atoms with Crippen LogP contribution < -0.4 is 4.90 Å². The molecular formula is C17H23N5OS. The fourth-order valence-corrected chi connectivity index (χ4v) is 4.34. The summed E-state index contributed by atoms with van der Waals surface area (Å²) in [5.74, 6) is 0.834. The summed E-state index contributed by atoms with van der Waals surface area (Å²) in [6.45, 7) is 8.58. The van der Waals surface area contributed by atoms with Crippen LogP contribution in [0.1, 0.15) is 17.1 Å². The van der Waals surface area contributed by atoms with Crippen LogP contribution >= 0.6 is 11.3 Å². The minimum Gasteiger partial charge on any atom is -0.379 e. The third-order valence-electron chi connectivity index (χ3n) is 4.84. The van der Waals surface area contributed by atoms with Gasteiger partial charge in [0.2, 0.25) is 5.95 Å². The van der Waals surface area contributed by atoms with Gasteiger partial charge in [0.1, 0.15) is 0 Å². The second-order valence-electron chi connectivity index (χ2n) is 6.84. The van der Waals surface area contributed by atoms with Crippen molar-refractivity contribution in [3.8, 4) is 0 Å².